The number of thiophene rings is 1. The van der Waals surface area contributed by atoms with Crippen LogP contribution in [0.4, 0.5) is 5.95 Å². The second-order valence-corrected chi connectivity index (χ2v) is 7.38. The molecule has 0 aliphatic carbocycles. The van der Waals surface area contributed by atoms with E-state index in [4.69, 9.17) is 5.26 Å². The Hall–Kier alpha value is -2.79. The number of nitriles is 1. The summed E-state index contributed by atoms with van der Waals surface area (Å²) in [5.41, 5.74) is 1.11. The number of hydrogen-bond donors (Lipinski definition) is 0. The number of Topliss-reactive ketones (excluding diaryl/α,β-unsaturated/α-hetero) is 1. The quantitative estimate of drug-likeness (QED) is 0.712. The summed E-state index contributed by atoms with van der Waals surface area (Å²) in [5, 5.41) is 10.9. The van der Waals surface area contributed by atoms with E-state index >= 15 is 0 Å². The first-order valence-electron chi connectivity index (χ1n) is 8.92. The molecule has 27 heavy (non-hydrogen) atoms. The number of nitrogens with zero attached hydrogens (tertiary/aromatic N) is 5. The predicted octanol–water partition coefficient (Wildman–Crippen LogP) is 2.42. The molecule has 0 aromatic carbocycles. The van der Waals surface area contributed by atoms with Crippen molar-refractivity contribution in [2.24, 2.45) is 0 Å². The third-order valence-electron chi connectivity index (χ3n) is 4.46. The van der Waals surface area contributed by atoms with Crippen molar-refractivity contribution >= 4 is 29.0 Å². The van der Waals surface area contributed by atoms with Crippen molar-refractivity contribution in [3.63, 3.8) is 0 Å². The monoisotopic (exact) mass is 383 g/mol. The van der Waals surface area contributed by atoms with Gasteiger partial charge in [0.1, 0.15) is 11.8 Å². The van der Waals surface area contributed by atoms with Crippen LogP contribution in [0.15, 0.2) is 23.6 Å². The summed E-state index contributed by atoms with van der Waals surface area (Å²) >= 11 is 1.44. The summed E-state index contributed by atoms with van der Waals surface area (Å²) in [4.78, 5) is 37.6. The van der Waals surface area contributed by atoms with E-state index < -0.39 is 0 Å². The third-order valence-corrected chi connectivity index (χ3v) is 5.37. The van der Waals surface area contributed by atoms with Crippen LogP contribution in [-0.4, -0.2) is 52.7 Å². The Balaban J connectivity index is 1.46. The second kappa shape index (κ2) is 8.73. The van der Waals surface area contributed by atoms with Gasteiger partial charge in [-0.2, -0.15) is 5.26 Å². The van der Waals surface area contributed by atoms with Gasteiger partial charge in [-0.05, 0) is 30.9 Å². The van der Waals surface area contributed by atoms with E-state index in [1.165, 1.54) is 11.3 Å². The lowest BCUT2D eigenvalue weighted by molar-refractivity contribution is -0.131. The zero-order valence-electron chi connectivity index (χ0n) is 15.2. The molecule has 2 aromatic rings. The topological polar surface area (TPSA) is 90.2 Å². The first-order valence-corrected chi connectivity index (χ1v) is 9.80. The van der Waals surface area contributed by atoms with Crippen molar-refractivity contribution in [3.05, 3.63) is 39.8 Å². The zero-order chi connectivity index (χ0) is 19.2. The summed E-state index contributed by atoms with van der Waals surface area (Å²) in [6.45, 7) is 4.29. The van der Waals surface area contributed by atoms with E-state index in [0.29, 0.717) is 57.1 Å². The maximum absolute atomic E-state index is 12.4. The normalized spacial score (nSPS) is 14.1. The first kappa shape index (κ1) is 19.0. The SMILES string of the molecule is Cc1cc(C#N)nc(N2CCN(C(=O)CCCC(=O)c3cccs3)CC2)n1. The zero-order valence-corrected chi connectivity index (χ0v) is 16.0. The van der Waals surface area contributed by atoms with Crippen LogP contribution in [0, 0.1) is 18.3 Å². The van der Waals surface area contributed by atoms with E-state index in [1.807, 2.05) is 40.3 Å². The Labute approximate surface area is 162 Å². The number of piperazine rings is 1. The number of carbonyl (C=O) groups excluding carboxylic acids is 2. The molecular formula is C19H21N5O2S. The lowest BCUT2D eigenvalue weighted by Crippen LogP contribution is -2.49. The Morgan fingerprint density at radius 1 is 1.22 bits per heavy atom. The molecule has 2 aromatic heterocycles. The highest BCUT2D eigenvalue weighted by atomic mass is 32.1. The number of ketones is 1. The molecule has 0 unspecified atom stereocenters. The maximum Gasteiger partial charge on any atom is 0.226 e. The summed E-state index contributed by atoms with van der Waals surface area (Å²) < 4.78 is 0. The van der Waals surface area contributed by atoms with Crippen molar-refractivity contribution in [1.29, 1.82) is 5.26 Å². The largest absolute Gasteiger partial charge is 0.339 e. The summed E-state index contributed by atoms with van der Waals surface area (Å²) in [6.07, 6.45) is 1.36. The Kier molecular flexibility index (Phi) is 6.14. The van der Waals surface area contributed by atoms with E-state index in [0.717, 1.165) is 10.6 Å². The van der Waals surface area contributed by atoms with Gasteiger partial charge >= 0.3 is 0 Å². The van der Waals surface area contributed by atoms with Gasteiger partial charge in [-0.3, -0.25) is 9.59 Å². The number of hydrogen-bond acceptors (Lipinski definition) is 7. The van der Waals surface area contributed by atoms with Crippen molar-refractivity contribution in [3.8, 4) is 6.07 Å². The minimum Gasteiger partial charge on any atom is -0.339 e. The molecule has 3 heterocycles. The van der Waals surface area contributed by atoms with Crippen LogP contribution in [0.3, 0.4) is 0 Å². The predicted molar refractivity (Wildman–Crippen MR) is 103 cm³/mol. The average molecular weight is 383 g/mol. The molecule has 0 radical (unpaired) electrons. The van der Waals surface area contributed by atoms with Gasteiger partial charge in [0.25, 0.3) is 0 Å². The summed E-state index contributed by atoms with van der Waals surface area (Å²) in [6, 6.07) is 7.38. The molecule has 8 heteroatoms. The fraction of sp³-hybridized carbons (Fsp3) is 0.421. The van der Waals surface area contributed by atoms with E-state index in [9.17, 15) is 9.59 Å². The second-order valence-electron chi connectivity index (χ2n) is 6.43. The van der Waals surface area contributed by atoms with Crippen LogP contribution in [0.25, 0.3) is 0 Å². The van der Waals surface area contributed by atoms with Gasteiger partial charge in [-0.1, -0.05) is 6.07 Å². The smallest absolute Gasteiger partial charge is 0.226 e. The van der Waals surface area contributed by atoms with Gasteiger partial charge in [-0.25, -0.2) is 9.97 Å². The highest BCUT2D eigenvalue weighted by Gasteiger charge is 2.23. The molecule has 1 amide bonds. The van der Waals surface area contributed by atoms with Crippen molar-refractivity contribution in [1.82, 2.24) is 14.9 Å². The number of aryl methyl sites for hydroxylation is 1. The fourth-order valence-electron chi connectivity index (χ4n) is 3.03. The lowest BCUT2D eigenvalue weighted by atomic mass is 10.1. The fourth-order valence-corrected chi connectivity index (χ4v) is 3.72. The highest BCUT2D eigenvalue weighted by molar-refractivity contribution is 7.12. The Morgan fingerprint density at radius 2 is 2.00 bits per heavy atom. The molecule has 140 valence electrons. The molecule has 0 saturated carbocycles. The van der Waals surface area contributed by atoms with Crippen LogP contribution in [-0.2, 0) is 4.79 Å². The molecule has 7 nitrogen and oxygen atoms in total. The van der Waals surface area contributed by atoms with Gasteiger partial charge in [0.05, 0.1) is 4.88 Å². The van der Waals surface area contributed by atoms with Crippen molar-refractivity contribution < 1.29 is 9.59 Å². The number of carbonyl (C=O) groups is 2. The van der Waals surface area contributed by atoms with Gasteiger partial charge in [0.2, 0.25) is 11.9 Å². The van der Waals surface area contributed by atoms with Crippen LogP contribution < -0.4 is 4.90 Å². The molecule has 0 N–H and O–H groups in total. The number of aromatic nitrogens is 2. The van der Waals surface area contributed by atoms with Crippen LogP contribution >= 0.6 is 11.3 Å². The molecule has 1 saturated heterocycles. The van der Waals surface area contributed by atoms with Gasteiger partial charge in [0, 0.05) is 44.7 Å². The highest BCUT2D eigenvalue weighted by Crippen LogP contribution is 2.16. The summed E-state index contributed by atoms with van der Waals surface area (Å²) in [7, 11) is 0. The van der Waals surface area contributed by atoms with Crippen LogP contribution in [0.1, 0.15) is 40.3 Å². The molecule has 1 fully saturated rings. The lowest BCUT2D eigenvalue weighted by Gasteiger charge is -2.35. The van der Waals surface area contributed by atoms with Gasteiger partial charge in [-0.15, -0.1) is 11.3 Å². The maximum atomic E-state index is 12.4. The average Bonchev–Trinajstić information content (AvgIpc) is 3.22. The number of rotatable bonds is 6. The van der Waals surface area contributed by atoms with Crippen LogP contribution in [0.5, 0.6) is 0 Å². The molecule has 1 aliphatic heterocycles. The minimum atomic E-state index is 0.0801. The standard InChI is InChI=1S/C19H21N5O2S/c1-14-12-15(13-20)22-19(21-14)24-9-7-23(8-10-24)18(26)6-2-4-16(25)17-5-3-11-27-17/h3,5,11-12H,2,4,6-10H2,1H3. The van der Waals surface area contributed by atoms with E-state index in [-0.39, 0.29) is 11.7 Å². The molecule has 3 rings (SSSR count). The first-order chi connectivity index (χ1) is 13.1. The Bertz CT molecular complexity index is 851. The molecular weight excluding hydrogens is 362 g/mol. The van der Waals surface area contributed by atoms with E-state index in [2.05, 4.69) is 9.97 Å². The minimum absolute atomic E-state index is 0.0801. The Morgan fingerprint density at radius 3 is 2.67 bits per heavy atom. The molecule has 1 aliphatic rings. The van der Waals surface area contributed by atoms with Crippen molar-refractivity contribution in [2.45, 2.75) is 26.2 Å². The van der Waals surface area contributed by atoms with Crippen molar-refractivity contribution in [2.75, 3.05) is 31.1 Å². The van der Waals surface area contributed by atoms with Gasteiger partial charge in [0.15, 0.2) is 5.78 Å². The number of amides is 1. The third kappa shape index (κ3) is 4.89. The molecule has 0 spiro atoms. The van der Waals surface area contributed by atoms with Gasteiger partial charge < -0.3 is 9.80 Å². The van der Waals surface area contributed by atoms with Crippen LogP contribution in [0.2, 0.25) is 0 Å². The molecule has 0 bridgehead atoms. The number of anilines is 1. The van der Waals surface area contributed by atoms with E-state index in [1.54, 1.807) is 6.07 Å². The summed E-state index contributed by atoms with van der Waals surface area (Å²) in [5.74, 6) is 0.726. The molecule has 0 atom stereocenters.